The topological polar surface area (TPSA) is 114 Å². The van der Waals surface area contributed by atoms with Crippen LogP contribution in [0, 0.1) is 0 Å². The van der Waals surface area contributed by atoms with Crippen molar-refractivity contribution in [3.05, 3.63) is 54.1 Å². The molecule has 0 aliphatic carbocycles. The number of ether oxygens (including phenoxy) is 1. The molecule has 11 heteroatoms. The lowest BCUT2D eigenvalue weighted by Crippen LogP contribution is -2.33. The minimum atomic E-state index is -3.59. The summed E-state index contributed by atoms with van der Waals surface area (Å²) in [4.78, 5) is 24.1. The van der Waals surface area contributed by atoms with Gasteiger partial charge in [0.05, 0.1) is 17.0 Å². The normalized spacial score (nSPS) is 11.1. The first-order valence-electron chi connectivity index (χ1n) is 7.88. The van der Waals surface area contributed by atoms with E-state index >= 15 is 0 Å². The molecule has 3 N–H and O–H groups in total. The van der Waals surface area contributed by atoms with Gasteiger partial charge in [-0.05, 0) is 43.4 Å². The van der Waals surface area contributed by atoms with Gasteiger partial charge < -0.3 is 15.4 Å². The van der Waals surface area contributed by atoms with Gasteiger partial charge in [-0.2, -0.15) is 8.78 Å². The SMILES string of the molecule is CNS(=O)(=O)c1ccc(NC(=O)CNC(=O)c2ccccc2OC(F)F)cc1. The molecular formula is C17H17F2N3O5S. The van der Waals surface area contributed by atoms with Gasteiger partial charge in [0.25, 0.3) is 5.91 Å². The molecule has 0 radical (unpaired) electrons. The van der Waals surface area contributed by atoms with Crippen LogP contribution in [0.2, 0.25) is 0 Å². The first-order valence-corrected chi connectivity index (χ1v) is 9.37. The number of alkyl halides is 2. The molecule has 0 aliphatic heterocycles. The number of nitrogens with one attached hydrogen (secondary N) is 3. The molecule has 0 atom stereocenters. The molecule has 0 heterocycles. The zero-order valence-corrected chi connectivity index (χ0v) is 15.4. The zero-order valence-electron chi connectivity index (χ0n) is 14.6. The summed E-state index contributed by atoms with van der Waals surface area (Å²) in [7, 11) is -2.32. The molecule has 0 fully saturated rings. The molecule has 150 valence electrons. The quantitative estimate of drug-likeness (QED) is 0.608. The number of halogens is 2. The molecule has 2 rings (SSSR count). The van der Waals surface area contributed by atoms with Crippen molar-refractivity contribution < 1.29 is 31.5 Å². The molecule has 28 heavy (non-hydrogen) atoms. The maximum atomic E-state index is 12.4. The van der Waals surface area contributed by atoms with Crippen LogP contribution in [0.3, 0.4) is 0 Å². The van der Waals surface area contributed by atoms with E-state index in [1.807, 2.05) is 0 Å². The number of sulfonamides is 1. The number of benzene rings is 2. The molecule has 2 aromatic carbocycles. The average molecular weight is 413 g/mol. The molecule has 0 aliphatic rings. The highest BCUT2D eigenvalue weighted by Crippen LogP contribution is 2.20. The summed E-state index contributed by atoms with van der Waals surface area (Å²) < 4.78 is 54.5. The van der Waals surface area contributed by atoms with E-state index in [9.17, 15) is 26.8 Å². The predicted molar refractivity (Wildman–Crippen MR) is 96.7 cm³/mol. The van der Waals surface area contributed by atoms with Gasteiger partial charge in [0, 0.05) is 5.69 Å². The summed E-state index contributed by atoms with van der Waals surface area (Å²) in [5, 5.41) is 4.77. The molecular weight excluding hydrogens is 396 g/mol. The fourth-order valence-electron chi connectivity index (χ4n) is 2.15. The number of anilines is 1. The van der Waals surface area contributed by atoms with Crippen LogP contribution in [0.5, 0.6) is 5.75 Å². The number of hydrogen-bond acceptors (Lipinski definition) is 5. The first-order chi connectivity index (χ1) is 13.2. The Kier molecular flexibility index (Phi) is 7.01. The third-order valence-corrected chi connectivity index (χ3v) is 4.90. The number of carbonyl (C=O) groups excluding carboxylic acids is 2. The summed E-state index contributed by atoms with van der Waals surface area (Å²) in [6, 6.07) is 10.8. The summed E-state index contributed by atoms with van der Waals surface area (Å²) in [6.45, 7) is -3.52. The molecule has 0 unspecified atom stereocenters. The summed E-state index contributed by atoms with van der Waals surface area (Å²) in [6.07, 6.45) is 0. The molecule has 0 aromatic heterocycles. The van der Waals surface area contributed by atoms with E-state index in [0.717, 1.165) is 0 Å². The predicted octanol–water partition coefficient (Wildman–Crippen LogP) is 1.56. The lowest BCUT2D eigenvalue weighted by molar-refractivity contribution is -0.115. The van der Waals surface area contributed by atoms with E-state index in [2.05, 4.69) is 20.1 Å². The molecule has 8 nitrogen and oxygen atoms in total. The van der Waals surface area contributed by atoms with Gasteiger partial charge in [-0.25, -0.2) is 13.1 Å². The van der Waals surface area contributed by atoms with Crippen molar-refractivity contribution in [3.8, 4) is 5.75 Å². The van der Waals surface area contributed by atoms with Crippen molar-refractivity contribution in [1.29, 1.82) is 0 Å². The van der Waals surface area contributed by atoms with E-state index in [1.54, 1.807) is 0 Å². The van der Waals surface area contributed by atoms with Crippen molar-refractivity contribution in [2.45, 2.75) is 11.5 Å². The van der Waals surface area contributed by atoms with Crippen molar-refractivity contribution in [2.75, 3.05) is 18.9 Å². The second-order valence-electron chi connectivity index (χ2n) is 5.34. The molecule has 0 bridgehead atoms. The van der Waals surface area contributed by atoms with Gasteiger partial charge >= 0.3 is 6.61 Å². The van der Waals surface area contributed by atoms with Gasteiger partial charge in [0.15, 0.2) is 0 Å². The van der Waals surface area contributed by atoms with E-state index in [0.29, 0.717) is 5.69 Å². The van der Waals surface area contributed by atoms with E-state index in [-0.39, 0.29) is 16.2 Å². The van der Waals surface area contributed by atoms with Crippen LogP contribution < -0.4 is 20.1 Å². The minimum Gasteiger partial charge on any atom is -0.434 e. The van der Waals surface area contributed by atoms with Crippen LogP contribution in [-0.2, 0) is 14.8 Å². The highest BCUT2D eigenvalue weighted by Gasteiger charge is 2.16. The molecule has 2 amide bonds. The average Bonchev–Trinajstić information content (AvgIpc) is 2.66. The maximum Gasteiger partial charge on any atom is 0.387 e. The smallest absolute Gasteiger partial charge is 0.387 e. The highest BCUT2D eigenvalue weighted by atomic mass is 32.2. The van der Waals surface area contributed by atoms with Gasteiger partial charge in [0.1, 0.15) is 5.75 Å². The van der Waals surface area contributed by atoms with Crippen LogP contribution in [0.25, 0.3) is 0 Å². The van der Waals surface area contributed by atoms with Crippen LogP contribution in [0.15, 0.2) is 53.4 Å². The highest BCUT2D eigenvalue weighted by molar-refractivity contribution is 7.89. The van der Waals surface area contributed by atoms with Gasteiger partial charge in [-0.1, -0.05) is 12.1 Å². The molecule has 0 saturated carbocycles. The Balaban J connectivity index is 1.95. The number of rotatable bonds is 8. The third kappa shape index (κ3) is 5.72. The Labute approximate surface area is 159 Å². The minimum absolute atomic E-state index is 0.0249. The Morgan fingerprint density at radius 3 is 2.32 bits per heavy atom. The van der Waals surface area contributed by atoms with E-state index in [1.165, 1.54) is 55.6 Å². The van der Waals surface area contributed by atoms with Crippen molar-refractivity contribution in [1.82, 2.24) is 10.0 Å². The maximum absolute atomic E-state index is 12.4. The van der Waals surface area contributed by atoms with Crippen molar-refractivity contribution in [3.63, 3.8) is 0 Å². The third-order valence-electron chi connectivity index (χ3n) is 3.47. The first kappa shape index (κ1) is 21.3. The summed E-state index contributed by atoms with van der Waals surface area (Å²) in [5.41, 5.74) is 0.174. The van der Waals surface area contributed by atoms with Crippen LogP contribution in [-0.4, -0.2) is 40.4 Å². The summed E-state index contributed by atoms with van der Waals surface area (Å²) >= 11 is 0. The Bertz CT molecular complexity index is 950. The van der Waals surface area contributed by atoms with Crippen molar-refractivity contribution in [2.24, 2.45) is 0 Å². The van der Waals surface area contributed by atoms with Crippen LogP contribution in [0.4, 0.5) is 14.5 Å². The van der Waals surface area contributed by atoms with Gasteiger partial charge in [-0.15, -0.1) is 0 Å². The number of carbonyl (C=O) groups is 2. The largest absolute Gasteiger partial charge is 0.434 e. The number of amides is 2. The molecule has 2 aromatic rings. The second-order valence-corrected chi connectivity index (χ2v) is 7.22. The number of hydrogen-bond donors (Lipinski definition) is 3. The van der Waals surface area contributed by atoms with Crippen LogP contribution >= 0.6 is 0 Å². The van der Waals surface area contributed by atoms with Crippen molar-refractivity contribution >= 4 is 27.5 Å². The van der Waals surface area contributed by atoms with Gasteiger partial charge in [0.2, 0.25) is 15.9 Å². The Morgan fingerprint density at radius 1 is 1.07 bits per heavy atom. The Morgan fingerprint density at radius 2 is 1.71 bits per heavy atom. The zero-order chi connectivity index (χ0) is 20.7. The lowest BCUT2D eigenvalue weighted by Gasteiger charge is -2.11. The van der Waals surface area contributed by atoms with E-state index in [4.69, 9.17) is 0 Å². The number of para-hydroxylation sites is 1. The monoisotopic (exact) mass is 413 g/mol. The Hall–Kier alpha value is -3.05. The fraction of sp³-hybridized carbons (Fsp3) is 0.176. The lowest BCUT2D eigenvalue weighted by atomic mass is 10.2. The van der Waals surface area contributed by atoms with Gasteiger partial charge in [-0.3, -0.25) is 9.59 Å². The standard InChI is InChI=1S/C17H17F2N3O5S/c1-20-28(25,26)12-8-6-11(7-9-12)22-15(23)10-21-16(24)13-4-2-3-5-14(13)27-17(18)19/h2-9,17,20H,10H2,1H3,(H,21,24)(H,22,23). The molecule has 0 spiro atoms. The molecule has 0 saturated heterocycles. The summed E-state index contributed by atoms with van der Waals surface area (Å²) in [5.74, 6) is -1.66. The van der Waals surface area contributed by atoms with E-state index < -0.39 is 35.0 Å². The van der Waals surface area contributed by atoms with Crippen LogP contribution in [0.1, 0.15) is 10.4 Å². The second kappa shape index (κ2) is 9.24. The fourth-order valence-corrected chi connectivity index (χ4v) is 2.88.